The Hall–Kier alpha value is -1.60. The zero-order valence-corrected chi connectivity index (χ0v) is 13.3. The van der Waals surface area contributed by atoms with Crippen molar-refractivity contribution in [1.82, 2.24) is 4.72 Å². The molecule has 118 valence electrons. The molecule has 0 bridgehead atoms. The van der Waals surface area contributed by atoms with E-state index >= 15 is 0 Å². The zero-order valence-electron chi connectivity index (χ0n) is 12.5. The second-order valence-corrected chi connectivity index (χ2v) is 7.23. The van der Waals surface area contributed by atoms with Gasteiger partial charge in [0.2, 0.25) is 10.0 Å². The summed E-state index contributed by atoms with van der Waals surface area (Å²) in [6.07, 6.45) is 1.64. The molecule has 0 aromatic heterocycles. The molecule has 0 saturated carbocycles. The fourth-order valence-electron chi connectivity index (χ4n) is 1.90. The molecule has 0 radical (unpaired) electrons. The Morgan fingerprint density at radius 1 is 1.29 bits per heavy atom. The molecule has 7 heteroatoms. The molecule has 0 amide bonds. The van der Waals surface area contributed by atoms with E-state index in [1.807, 2.05) is 0 Å². The molecule has 0 saturated heterocycles. The average molecular weight is 314 g/mol. The number of carboxylic acids is 1. The van der Waals surface area contributed by atoms with E-state index in [0.717, 1.165) is 18.9 Å². The second-order valence-electron chi connectivity index (χ2n) is 5.55. The Bertz CT molecular complexity index is 611. The summed E-state index contributed by atoms with van der Waals surface area (Å²) in [6, 6.07) is 3.38. The van der Waals surface area contributed by atoms with E-state index in [4.69, 9.17) is 10.8 Å². The Kier molecular flexibility index (Phi) is 5.74. The number of carboxylic acid groups (broad SMARTS) is 1. The molecule has 0 heterocycles. The van der Waals surface area contributed by atoms with Crippen LogP contribution in [0.1, 0.15) is 44.0 Å². The lowest BCUT2D eigenvalue weighted by atomic mass is 10.1. The van der Waals surface area contributed by atoms with Crippen molar-refractivity contribution in [2.75, 3.05) is 5.73 Å². The fourth-order valence-corrected chi connectivity index (χ4v) is 3.29. The lowest BCUT2D eigenvalue weighted by Crippen LogP contribution is -2.33. The van der Waals surface area contributed by atoms with Gasteiger partial charge in [-0.2, -0.15) is 0 Å². The minimum atomic E-state index is -3.75. The maximum Gasteiger partial charge on any atom is 0.335 e. The Morgan fingerprint density at radius 3 is 2.38 bits per heavy atom. The van der Waals surface area contributed by atoms with Gasteiger partial charge in [-0.15, -0.1) is 0 Å². The van der Waals surface area contributed by atoms with Gasteiger partial charge in [0.25, 0.3) is 0 Å². The van der Waals surface area contributed by atoms with Crippen molar-refractivity contribution in [3.8, 4) is 0 Å². The van der Waals surface area contributed by atoms with E-state index in [1.54, 1.807) is 6.92 Å². The Balaban J connectivity index is 2.90. The number of hydrogen-bond donors (Lipinski definition) is 3. The van der Waals surface area contributed by atoms with Crippen molar-refractivity contribution in [2.24, 2.45) is 5.92 Å². The van der Waals surface area contributed by atoms with E-state index in [-0.39, 0.29) is 22.2 Å². The third-order valence-corrected chi connectivity index (χ3v) is 4.74. The topological polar surface area (TPSA) is 109 Å². The molecule has 1 unspecified atom stereocenters. The quantitative estimate of drug-likeness (QED) is 0.667. The van der Waals surface area contributed by atoms with Gasteiger partial charge in [-0.1, -0.05) is 13.8 Å². The van der Waals surface area contributed by atoms with Gasteiger partial charge < -0.3 is 10.8 Å². The highest BCUT2D eigenvalue weighted by Crippen LogP contribution is 2.20. The molecule has 1 aromatic carbocycles. The molecule has 0 spiro atoms. The molecule has 1 atom stereocenters. The van der Waals surface area contributed by atoms with Crippen LogP contribution in [0.2, 0.25) is 0 Å². The fraction of sp³-hybridized carbons (Fsp3) is 0.500. The van der Waals surface area contributed by atoms with E-state index in [9.17, 15) is 13.2 Å². The molecule has 21 heavy (non-hydrogen) atoms. The van der Waals surface area contributed by atoms with Gasteiger partial charge in [0.05, 0.1) is 11.3 Å². The summed E-state index contributed by atoms with van der Waals surface area (Å²) < 4.78 is 27.1. The summed E-state index contributed by atoms with van der Waals surface area (Å²) in [5.41, 5.74) is 5.55. The van der Waals surface area contributed by atoms with Crippen molar-refractivity contribution >= 4 is 21.7 Å². The number of aromatic carboxylic acids is 1. The van der Waals surface area contributed by atoms with Crippen molar-refractivity contribution in [3.63, 3.8) is 0 Å². The van der Waals surface area contributed by atoms with Crippen molar-refractivity contribution in [2.45, 2.75) is 44.6 Å². The standard InChI is InChI=1S/C14H22N2O4S/c1-9(2)4-5-10(3)16-21(19,20)13-7-6-11(14(17)18)8-12(13)15/h6-10,16H,4-5,15H2,1-3H3,(H,17,18). The maximum atomic E-state index is 12.3. The van der Waals surface area contributed by atoms with Crippen LogP contribution in [-0.2, 0) is 10.0 Å². The highest BCUT2D eigenvalue weighted by molar-refractivity contribution is 7.89. The maximum absolute atomic E-state index is 12.3. The normalized spacial score (nSPS) is 13.3. The van der Waals surface area contributed by atoms with E-state index < -0.39 is 16.0 Å². The van der Waals surface area contributed by atoms with Gasteiger partial charge in [-0.05, 0) is 43.9 Å². The molecule has 0 aliphatic heterocycles. The van der Waals surface area contributed by atoms with E-state index in [1.165, 1.54) is 12.1 Å². The first-order chi connectivity index (χ1) is 9.63. The molecule has 0 aliphatic rings. The summed E-state index contributed by atoms with van der Waals surface area (Å²) >= 11 is 0. The number of sulfonamides is 1. The number of anilines is 1. The van der Waals surface area contributed by atoms with E-state index in [0.29, 0.717) is 5.92 Å². The first-order valence-electron chi connectivity index (χ1n) is 6.78. The summed E-state index contributed by atoms with van der Waals surface area (Å²) in [4.78, 5) is 10.7. The molecule has 4 N–H and O–H groups in total. The second kappa shape index (κ2) is 6.91. The number of nitrogen functional groups attached to an aromatic ring is 1. The number of nitrogens with two attached hydrogens (primary N) is 1. The van der Waals surface area contributed by atoms with Gasteiger partial charge in [-0.25, -0.2) is 17.9 Å². The van der Waals surface area contributed by atoms with Gasteiger partial charge in [0, 0.05) is 6.04 Å². The minimum Gasteiger partial charge on any atom is -0.478 e. The average Bonchev–Trinajstić information content (AvgIpc) is 2.35. The van der Waals surface area contributed by atoms with Crippen molar-refractivity contribution in [3.05, 3.63) is 23.8 Å². The lowest BCUT2D eigenvalue weighted by molar-refractivity contribution is 0.0697. The molecule has 6 nitrogen and oxygen atoms in total. The number of nitrogens with one attached hydrogen (secondary N) is 1. The van der Waals surface area contributed by atoms with Crippen LogP contribution in [-0.4, -0.2) is 25.5 Å². The monoisotopic (exact) mass is 314 g/mol. The Morgan fingerprint density at radius 2 is 1.90 bits per heavy atom. The van der Waals surface area contributed by atoms with E-state index in [2.05, 4.69) is 18.6 Å². The first kappa shape index (κ1) is 17.5. The first-order valence-corrected chi connectivity index (χ1v) is 8.27. The molecule has 0 fully saturated rings. The third-order valence-electron chi connectivity index (χ3n) is 3.08. The number of rotatable bonds is 7. The number of carbonyl (C=O) groups is 1. The van der Waals surface area contributed by atoms with Crippen LogP contribution in [0.5, 0.6) is 0 Å². The summed E-state index contributed by atoms with van der Waals surface area (Å²) in [5.74, 6) is -0.652. The van der Waals surface area contributed by atoms with Gasteiger partial charge in [-0.3, -0.25) is 0 Å². The van der Waals surface area contributed by atoms with Crippen LogP contribution in [0.25, 0.3) is 0 Å². The van der Waals surface area contributed by atoms with Crippen molar-refractivity contribution in [1.29, 1.82) is 0 Å². The summed E-state index contributed by atoms with van der Waals surface area (Å²) in [7, 11) is -3.75. The minimum absolute atomic E-state index is 0.0423. The summed E-state index contributed by atoms with van der Waals surface area (Å²) in [5, 5.41) is 8.85. The predicted octanol–water partition coefficient (Wildman–Crippen LogP) is 2.07. The van der Waals surface area contributed by atoms with Crippen LogP contribution in [0, 0.1) is 5.92 Å². The predicted molar refractivity (Wildman–Crippen MR) is 81.7 cm³/mol. The zero-order chi connectivity index (χ0) is 16.2. The molecule has 1 aromatic rings. The number of benzene rings is 1. The highest BCUT2D eigenvalue weighted by Gasteiger charge is 2.21. The molecular weight excluding hydrogens is 292 g/mol. The third kappa shape index (κ3) is 5.02. The molecule has 0 aliphatic carbocycles. The largest absolute Gasteiger partial charge is 0.478 e. The smallest absolute Gasteiger partial charge is 0.335 e. The van der Waals surface area contributed by atoms with Crippen LogP contribution in [0.3, 0.4) is 0 Å². The van der Waals surface area contributed by atoms with Gasteiger partial charge in [0.1, 0.15) is 4.90 Å². The van der Waals surface area contributed by atoms with Crippen molar-refractivity contribution < 1.29 is 18.3 Å². The number of hydrogen-bond acceptors (Lipinski definition) is 4. The van der Waals surface area contributed by atoms with Crippen LogP contribution in [0.4, 0.5) is 5.69 Å². The van der Waals surface area contributed by atoms with Crippen LogP contribution >= 0.6 is 0 Å². The van der Waals surface area contributed by atoms with Crippen LogP contribution < -0.4 is 10.5 Å². The van der Waals surface area contributed by atoms with Gasteiger partial charge in [0.15, 0.2) is 0 Å². The van der Waals surface area contributed by atoms with Gasteiger partial charge >= 0.3 is 5.97 Å². The summed E-state index contributed by atoms with van der Waals surface area (Å²) in [6.45, 7) is 5.94. The van der Waals surface area contributed by atoms with Crippen LogP contribution in [0.15, 0.2) is 23.1 Å². The SMILES string of the molecule is CC(C)CCC(C)NS(=O)(=O)c1ccc(C(=O)O)cc1N. The molecule has 1 rings (SSSR count). The molecular formula is C14H22N2O4S. The highest BCUT2D eigenvalue weighted by atomic mass is 32.2. The Labute approximate surface area is 125 Å². The lowest BCUT2D eigenvalue weighted by Gasteiger charge is -2.16.